The SMILES string of the molecule is O=C(O)N1CCc2c(n3c4c(c(F)ccc24)OCC3)CC1. The lowest BCUT2D eigenvalue weighted by Crippen LogP contribution is -2.32. The van der Waals surface area contributed by atoms with Crippen molar-refractivity contribution in [3.63, 3.8) is 0 Å². The Bertz CT molecular complexity index is 753. The molecule has 21 heavy (non-hydrogen) atoms. The maximum absolute atomic E-state index is 13.9. The summed E-state index contributed by atoms with van der Waals surface area (Å²) in [5.74, 6) is 0.00480. The molecule has 0 spiro atoms. The molecule has 1 aromatic carbocycles. The van der Waals surface area contributed by atoms with Crippen molar-refractivity contribution in [2.24, 2.45) is 0 Å². The normalized spacial score (nSPS) is 17.3. The van der Waals surface area contributed by atoms with Gasteiger partial charge in [-0.3, -0.25) is 0 Å². The van der Waals surface area contributed by atoms with Gasteiger partial charge in [-0.2, -0.15) is 0 Å². The van der Waals surface area contributed by atoms with Crippen LogP contribution in [0.5, 0.6) is 5.75 Å². The van der Waals surface area contributed by atoms with Crippen molar-refractivity contribution in [2.75, 3.05) is 19.7 Å². The first-order valence-corrected chi connectivity index (χ1v) is 7.10. The first-order chi connectivity index (χ1) is 10.2. The molecule has 3 heterocycles. The van der Waals surface area contributed by atoms with E-state index in [0.29, 0.717) is 44.8 Å². The Labute approximate surface area is 120 Å². The molecule has 0 radical (unpaired) electrons. The van der Waals surface area contributed by atoms with E-state index in [0.717, 1.165) is 22.2 Å². The number of fused-ring (bicyclic) bond motifs is 3. The van der Waals surface area contributed by atoms with E-state index >= 15 is 0 Å². The Morgan fingerprint density at radius 1 is 1.24 bits per heavy atom. The summed E-state index contributed by atoms with van der Waals surface area (Å²) in [5, 5.41) is 10.2. The second-order valence-electron chi connectivity index (χ2n) is 5.47. The van der Waals surface area contributed by atoms with Crippen LogP contribution < -0.4 is 4.74 Å². The van der Waals surface area contributed by atoms with Gasteiger partial charge in [0.1, 0.15) is 6.61 Å². The van der Waals surface area contributed by atoms with Crippen LogP contribution in [0.15, 0.2) is 12.1 Å². The van der Waals surface area contributed by atoms with Gasteiger partial charge in [-0.15, -0.1) is 0 Å². The number of carboxylic acid groups (broad SMARTS) is 1. The van der Waals surface area contributed by atoms with Gasteiger partial charge < -0.3 is 19.3 Å². The lowest BCUT2D eigenvalue weighted by atomic mass is 10.1. The van der Waals surface area contributed by atoms with Crippen molar-refractivity contribution in [1.82, 2.24) is 9.47 Å². The van der Waals surface area contributed by atoms with Crippen molar-refractivity contribution < 1.29 is 19.0 Å². The second-order valence-corrected chi connectivity index (χ2v) is 5.47. The van der Waals surface area contributed by atoms with Crippen LogP contribution in [0.3, 0.4) is 0 Å². The fourth-order valence-electron chi connectivity index (χ4n) is 3.49. The number of amides is 1. The number of ether oxygens (including phenoxy) is 1. The van der Waals surface area contributed by atoms with E-state index in [-0.39, 0.29) is 5.82 Å². The molecule has 5 nitrogen and oxygen atoms in total. The number of rotatable bonds is 0. The number of carbonyl (C=O) groups is 1. The molecule has 1 aromatic heterocycles. The highest BCUT2D eigenvalue weighted by molar-refractivity contribution is 5.91. The van der Waals surface area contributed by atoms with Gasteiger partial charge in [-0.05, 0) is 24.1 Å². The van der Waals surface area contributed by atoms with E-state index in [1.165, 1.54) is 11.0 Å². The van der Waals surface area contributed by atoms with Gasteiger partial charge in [0.2, 0.25) is 0 Å². The van der Waals surface area contributed by atoms with Crippen LogP contribution in [0.25, 0.3) is 10.9 Å². The monoisotopic (exact) mass is 290 g/mol. The molecular weight excluding hydrogens is 275 g/mol. The highest BCUT2D eigenvalue weighted by Gasteiger charge is 2.28. The van der Waals surface area contributed by atoms with Gasteiger partial charge in [0.05, 0.1) is 12.1 Å². The summed E-state index contributed by atoms with van der Waals surface area (Å²) >= 11 is 0. The minimum absolute atomic E-state index is 0.330. The second kappa shape index (κ2) is 4.38. The van der Waals surface area contributed by atoms with Gasteiger partial charge >= 0.3 is 6.09 Å². The standard InChI is InChI=1S/C15H15FN2O3/c16-11-2-1-10-9-3-5-17(15(19)20)6-4-12(9)18-7-8-21-14(11)13(10)18/h1-2H,3-8H2,(H,19,20). The summed E-state index contributed by atoms with van der Waals surface area (Å²) in [4.78, 5) is 12.6. The molecular formula is C15H15FN2O3. The molecule has 2 aliphatic heterocycles. The molecule has 0 unspecified atom stereocenters. The van der Waals surface area contributed by atoms with E-state index in [4.69, 9.17) is 9.84 Å². The average molecular weight is 290 g/mol. The third kappa shape index (κ3) is 1.71. The quantitative estimate of drug-likeness (QED) is 0.809. The van der Waals surface area contributed by atoms with Gasteiger partial charge in [0.15, 0.2) is 11.6 Å². The fourth-order valence-corrected chi connectivity index (χ4v) is 3.49. The minimum Gasteiger partial charge on any atom is -0.486 e. The molecule has 1 amide bonds. The molecule has 0 saturated heterocycles. The van der Waals surface area contributed by atoms with Crippen LogP contribution in [0.4, 0.5) is 9.18 Å². The Balaban J connectivity index is 1.90. The lowest BCUT2D eigenvalue weighted by molar-refractivity contribution is 0.147. The van der Waals surface area contributed by atoms with Crippen LogP contribution in [-0.2, 0) is 19.4 Å². The summed E-state index contributed by atoms with van der Waals surface area (Å²) in [7, 11) is 0. The average Bonchev–Trinajstić information content (AvgIpc) is 2.65. The lowest BCUT2D eigenvalue weighted by Gasteiger charge is -2.20. The van der Waals surface area contributed by atoms with Gasteiger partial charge in [-0.1, -0.05) is 0 Å². The van der Waals surface area contributed by atoms with E-state index in [2.05, 4.69) is 4.57 Å². The smallest absolute Gasteiger partial charge is 0.407 e. The Kier molecular flexibility index (Phi) is 2.60. The van der Waals surface area contributed by atoms with Crippen LogP contribution in [0.1, 0.15) is 11.3 Å². The number of halogens is 1. The first-order valence-electron chi connectivity index (χ1n) is 7.10. The highest BCUT2D eigenvalue weighted by Crippen LogP contribution is 2.38. The predicted molar refractivity (Wildman–Crippen MR) is 74.4 cm³/mol. The summed E-state index contributed by atoms with van der Waals surface area (Å²) in [6.07, 6.45) is 0.450. The van der Waals surface area contributed by atoms with Crippen LogP contribution in [0.2, 0.25) is 0 Å². The van der Waals surface area contributed by atoms with Gasteiger partial charge in [0, 0.05) is 30.6 Å². The zero-order valence-electron chi connectivity index (χ0n) is 11.4. The molecule has 110 valence electrons. The molecule has 4 rings (SSSR count). The number of hydrogen-bond donors (Lipinski definition) is 1. The molecule has 2 aromatic rings. The molecule has 0 bridgehead atoms. The molecule has 0 atom stereocenters. The van der Waals surface area contributed by atoms with Crippen LogP contribution >= 0.6 is 0 Å². The van der Waals surface area contributed by atoms with Crippen molar-refractivity contribution in [3.05, 3.63) is 29.2 Å². The Morgan fingerprint density at radius 2 is 2.05 bits per heavy atom. The zero-order valence-corrected chi connectivity index (χ0v) is 11.4. The molecule has 0 fully saturated rings. The topological polar surface area (TPSA) is 54.7 Å². The molecule has 0 saturated carbocycles. The number of hydrogen-bond acceptors (Lipinski definition) is 2. The third-order valence-electron chi connectivity index (χ3n) is 4.43. The van der Waals surface area contributed by atoms with Gasteiger partial charge in [0.25, 0.3) is 0 Å². The summed E-state index contributed by atoms with van der Waals surface area (Å²) in [6, 6.07) is 3.22. The third-order valence-corrected chi connectivity index (χ3v) is 4.43. The van der Waals surface area contributed by atoms with Crippen molar-refractivity contribution in [1.29, 1.82) is 0 Å². The molecule has 1 N–H and O–H groups in total. The number of nitrogens with zero attached hydrogens (tertiary/aromatic N) is 2. The van der Waals surface area contributed by atoms with Gasteiger partial charge in [-0.25, -0.2) is 9.18 Å². The molecule has 2 aliphatic rings. The molecule has 0 aliphatic carbocycles. The van der Waals surface area contributed by atoms with Crippen LogP contribution in [0, 0.1) is 5.82 Å². The maximum atomic E-state index is 13.9. The van der Waals surface area contributed by atoms with E-state index in [1.54, 1.807) is 6.07 Å². The number of aromatic nitrogens is 1. The van der Waals surface area contributed by atoms with Crippen molar-refractivity contribution >= 4 is 17.0 Å². The Hall–Kier alpha value is -2.24. The Morgan fingerprint density at radius 3 is 2.86 bits per heavy atom. The van der Waals surface area contributed by atoms with E-state index < -0.39 is 6.09 Å². The highest BCUT2D eigenvalue weighted by atomic mass is 19.1. The summed E-state index contributed by atoms with van der Waals surface area (Å²) in [6.45, 7) is 2.11. The predicted octanol–water partition coefficient (Wildman–Crippen LogP) is 2.25. The zero-order chi connectivity index (χ0) is 14.6. The summed E-state index contributed by atoms with van der Waals surface area (Å²) in [5.41, 5.74) is 3.10. The fraction of sp³-hybridized carbons (Fsp3) is 0.400. The van der Waals surface area contributed by atoms with E-state index in [1.807, 2.05) is 0 Å². The summed E-state index contributed by atoms with van der Waals surface area (Å²) < 4.78 is 21.5. The van der Waals surface area contributed by atoms with Crippen molar-refractivity contribution in [3.8, 4) is 5.75 Å². The number of benzene rings is 1. The van der Waals surface area contributed by atoms with E-state index in [9.17, 15) is 9.18 Å². The maximum Gasteiger partial charge on any atom is 0.407 e. The molecule has 6 heteroatoms. The largest absolute Gasteiger partial charge is 0.486 e. The first kappa shape index (κ1) is 12.5. The van der Waals surface area contributed by atoms with Crippen LogP contribution in [-0.4, -0.2) is 40.4 Å². The minimum atomic E-state index is -0.877. The van der Waals surface area contributed by atoms with Crippen molar-refractivity contribution in [2.45, 2.75) is 19.4 Å².